The number of carbonyl (C=O) groups is 2. The largest absolute Gasteiger partial charge is 0.503 e. The van der Waals surface area contributed by atoms with Gasteiger partial charge in [0.25, 0.3) is 5.91 Å². The van der Waals surface area contributed by atoms with E-state index in [9.17, 15) is 19.1 Å². The second kappa shape index (κ2) is 10.1. The number of carbonyl (C=O) groups excluding carboxylic acids is 2. The van der Waals surface area contributed by atoms with Crippen LogP contribution < -0.4 is 4.90 Å². The summed E-state index contributed by atoms with van der Waals surface area (Å²) < 4.78 is 28.7. The number of aliphatic hydroxyl groups is 1. The zero-order valence-electron chi connectivity index (χ0n) is 19.4. The molecule has 37 heavy (non-hydrogen) atoms. The van der Waals surface area contributed by atoms with Crippen molar-refractivity contribution in [1.29, 1.82) is 0 Å². The predicted octanol–water partition coefficient (Wildman–Crippen LogP) is 5.96. The quantitative estimate of drug-likeness (QED) is 0.170. The Morgan fingerprint density at radius 1 is 1.08 bits per heavy atom. The van der Waals surface area contributed by atoms with Crippen molar-refractivity contribution in [2.45, 2.75) is 30.0 Å². The molecule has 1 aliphatic rings. The van der Waals surface area contributed by atoms with Crippen LogP contribution in [-0.4, -0.2) is 32.0 Å². The van der Waals surface area contributed by atoms with E-state index in [4.69, 9.17) is 0 Å². The van der Waals surface area contributed by atoms with E-state index in [-0.39, 0.29) is 27.0 Å². The first-order valence-corrected chi connectivity index (χ1v) is 13.6. The molecule has 7 nitrogen and oxygen atoms in total. The van der Waals surface area contributed by atoms with Crippen molar-refractivity contribution in [3.63, 3.8) is 0 Å². The van der Waals surface area contributed by atoms with Gasteiger partial charge in [-0.05, 0) is 37.6 Å². The maximum atomic E-state index is 15.0. The van der Waals surface area contributed by atoms with Crippen LogP contribution >= 0.6 is 34.4 Å². The Morgan fingerprint density at radius 2 is 1.81 bits per heavy atom. The molecule has 0 spiro atoms. The molecule has 0 fully saturated rings. The number of thiazole rings is 1. The molecule has 1 amide bonds. The number of aryl methyl sites for hydroxylation is 2. The van der Waals surface area contributed by atoms with E-state index in [1.54, 1.807) is 32.0 Å². The summed E-state index contributed by atoms with van der Waals surface area (Å²) in [5.74, 6) is -2.73. The Morgan fingerprint density at radius 3 is 2.49 bits per heavy atom. The van der Waals surface area contributed by atoms with Crippen LogP contribution in [0.2, 0.25) is 0 Å². The van der Waals surface area contributed by atoms with E-state index in [0.29, 0.717) is 20.8 Å². The lowest BCUT2D eigenvalue weighted by Gasteiger charge is -2.24. The monoisotopic (exact) mass is 556 g/mol. The first-order valence-electron chi connectivity index (χ1n) is 10.9. The van der Waals surface area contributed by atoms with E-state index >= 15 is 4.39 Å². The average molecular weight is 557 g/mol. The number of halogens is 2. The molecule has 0 saturated heterocycles. The summed E-state index contributed by atoms with van der Waals surface area (Å²) in [5, 5.41) is 19.9. The highest BCUT2D eigenvalue weighted by Gasteiger charge is 2.47. The molecule has 0 radical (unpaired) electrons. The lowest BCUT2D eigenvalue weighted by molar-refractivity contribution is -0.117. The molecule has 1 N–H and O–H groups in total. The maximum absolute atomic E-state index is 15.0. The number of aliphatic hydroxyl groups excluding tert-OH is 1. The van der Waals surface area contributed by atoms with Gasteiger partial charge in [0.2, 0.25) is 10.9 Å². The third kappa shape index (κ3) is 4.79. The number of aromatic nitrogens is 3. The van der Waals surface area contributed by atoms with Crippen molar-refractivity contribution in [1.82, 2.24) is 15.2 Å². The number of Topliss-reactive ketones (excluding diaryl/α,β-unsaturated/α-hetero) is 1. The molecule has 3 heterocycles. The van der Waals surface area contributed by atoms with Crippen LogP contribution in [0.1, 0.15) is 37.5 Å². The van der Waals surface area contributed by atoms with Gasteiger partial charge in [0, 0.05) is 11.3 Å². The third-order valence-electron chi connectivity index (χ3n) is 5.64. The molecule has 1 aliphatic heterocycles. The lowest BCUT2D eigenvalue weighted by atomic mass is 9.95. The lowest BCUT2D eigenvalue weighted by Crippen LogP contribution is -2.31. The Labute approximate surface area is 222 Å². The SMILES string of the molecule is Cc1nc(C)c(C(=O)C2=C(O)C(=O)N(c3nnc(SCc4ccc(F)cc4)s3)C2c2ccccc2F)s1. The van der Waals surface area contributed by atoms with Crippen molar-refractivity contribution < 1.29 is 23.5 Å². The standard InChI is InChI=1S/C25H18F2N4O3S3/c1-12-22(36-13(2)28-12)20(32)18-19(16-5-3-4-6-17(16)27)31(23(34)21(18)33)24-29-30-25(37-24)35-11-14-7-9-15(26)10-8-14/h3-10,19,33H,11H2,1-2H3. The second-order valence-electron chi connectivity index (χ2n) is 8.10. The van der Waals surface area contributed by atoms with Gasteiger partial charge in [0.15, 0.2) is 10.1 Å². The summed E-state index contributed by atoms with van der Waals surface area (Å²) in [6, 6.07) is 10.6. The van der Waals surface area contributed by atoms with Gasteiger partial charge in [-0.25, -0.2) is 13.8 Å². The minimum Gasteiger partial charge on any atom is -0.503 e. The van der Waals surface area contributed by atoms with Crippen LogP contribution in [0.3, 0.4) is 0 Å². The normalized spacial score (nSPS) is 15.6. The molecular weight excluding hydrogens is 538 g/mol. The summed E-state index contributed by atoms with van der Waals surface area (Å²) in [6.45, 7) is 3.41. The van der Waals surface area contributed by atoms with Crippen LogP contribution in [0.4, 0.5) is 13.9 Å². The number of anilines is 1. The van der Waals surface area contributed by atoms with Gasteiger partial charge in [0.05, 0.1) is 21.2 Å². The topological polar surface area (TPSA) is 96.3 Å². The fourth-order valence-corrected chi connectivity index (χ4v) is 6.67. The van der Waals surface area contributed by atoms with Crippen LogP contribution in [-0.2, 0) is 10.5 Å². The van der Waals surface area contributed by atoms with E-state index < -0.39 is 29.3 Å². The van der Waals surface area contributed by atoms with Crippen molar-refractivity contribution in [3.8, 4) is 0 Å². The molecule has 188 valence electrons. The fraction of sp³-hybridized carbons (Fsp3) is 0.160. The molecule has 0 bridgehead atoms. The fourth-order valence-electron chi connectivity index (χ4n) is 3.97. The van der Waals surface area contributed by atoms with Crippen molar-refractivity contribution >= 4 is 51.3 Å². The number of hydrogen-bond donors (Lipinski definition) is 1. The van der Waals surface area contributed by atoms with Crippen LogP contribution in [0.25, 0.3) is 0 Å². The van der Waals surface area contributed by atoms with Gasteiger partial charge in [-0.3, -0.25) is 14.5 Å². The highest BCUT2D eigenvalue weighted by molar-refractivity contribution is 8.00. The third-order valence-corrected chi connectivity index (χ3v) is 8.84. The highest BCUT2D eigenvalue weighted by Crippen LogP contribution is 2.45. The second-order valence-corrected chi connectivity index (χ2v) is 11.5. The summed E-state index contributed by atoms with van der Waals surface area (Å²) in [4.78, 5) is 32.5. The minimum absolute atomic E-state index is 0.0397. The molecule has 4 aromatic rings. The molecule has 0 aliphatic carbocycles. The Kier molecular flexibility index (Phi) is 6.88. The number of amides is 1. The molecule has 2 aromatic heterocycles. The van der Waals surface area contributed by atoms with E-state index in [0.717, 1.165) is 33.1 Å². The van der Waals surface area contributed by atoms with E-state index in [2.05, 4.69) is 15.2 Å². The van der Waals surface area contributed by atoms with Crippen LogP contribution in [0.15, 0.2) is 64.2 Å². The smallest absolute Gasteiger partial charge is 0.296 e. The maximum Gasteiger partial charge on any atom is 0.296 e. The number of nitrogens with zero attached hydrogens (tertiary/aromatic N) is 4. The number of rotatable bonds is 7. The summed E-state index contributed by atoms with van der Waals surface area (Å²) in [7, 11) is 0. The van der Waals surface area contributed by atoms with E-state index in [1.165, 1.54) is 42.1 Å². The molecule has 0 saturated carbocycles. The predicted molar refractivity (Wildman–Crippen MR) is 138 cm³/mol. The molecule has 2 aromatic carbocycles. The first-order chi connectivity index (χ1) is 17.7. The Bertz CT molecular complexity index is 1550. The molecule has 1 unspecified atom stereocenters. The van der Waals surface area contributed by atoms with Crippen LogP contribution in [0, 0.1) is 25.5 Å². The Balaban J connectivity index is 1.51. The summed E-state index contributed by atoms with van der Waals surface area (Å²) in [6.07, 6.45) is 0. The summed E-state index contributed by atoms with van der Waals surface area (Å²) >= 11 is 3.54. The number of ketones is 1. The molecule has 12 heteroatoms. The number of thioether (sulfide) groups is 1. The van der Waals surface area contributed by atoms with Gasteiger partial charge in [-0.2, -0.15) is 0 Å². The average Bonchev–Trinajstić information content (AvgIpc) is 3.55. The van der Waals surface area contributed by atoms with Gasteiger partial charge < -0.3 is 5.11 Å². The molecular formula is C25H18F2N4O3S3. The van der Waals surface area contributed by atoms with Gasteiger partial charge in [0.1, 0.15) is 17.7 Å². The zero-order chi connectivity index (χ0) is 26.3. The van der Waals surface area contributed by atoms with Crippen molar-refractivity contribution in [2.24, 2.45) is 0 Å². The van der Waals surface area contributed by atoms with Crippen LogP contribution in [0.5, 0.6) is 0 Å². The highest BCUT2D eigenvalue weighted by atomic mass is 32.2. The summed E-state index contributed by atoms with van der Waals surface area (Å²) in [5.41, 5.74) is 1.13. The van der Waals surface area contributed by atoms with E-state index in [1.807, 2.05) is 0 Å². The molecule has 5 rings (SSSR count). The zero-order valence-corrected chi connectivity index (χ0v) is 21.9. The molecule has 1 atom stereocenters. The number of benzene rings is 2. The first kappa shape index (κ1) is 25.2. The van der Waals surface area contributed by atoms with Gasteiger partial charge in [-0.15, -0.1) is 21.5 Å². The number of hydrogen-bond acceptors (Lipinski definition) is 9. The van der Waals surface area contributed by atoms with Gasteiger partial charge >= 0.3 is 0 Å². The minimum atomic E-state index is -1.24. The van der Waals surface area contributed by atoms with Crippen molar-refractivity contribution in [2.75, 3.05) is 4.90 Å². The Hall–Kier alpha value is -3.48. The van der Waals surface area contributed by atoms with Gasteiger partial charge in [-0.1, -0.05) is 53.4 Å². The van der Waals surface area contributed by atoms with Crippen molar-refractivity contribution in [3.05, 3.63) is 98.2 Å².